The van der Waals surface area contributed by atoms with E-state index in [1.807, 2.05) is 0 Å². The van der Waals surface area contributed by atoms with Crippen molar-refractivity contribution in [3.63, 3.8) is 0 Å². The van der Waals surface area contributed by atoms with Gasteiger partial charge >= 0.3 is 5.97 Å². The average Bonchev–Trinajstić information content (AvgIpc) is 2.33. The Kier molecular flexibility index (Phi) is 4.95. The van der Waals surface area contributed by atoms with Gasteiger partial charge < -0.3 is 4.74 Å². The number of halogens is 2. The lowest BCUT2D eigenvalue weighted by Crippen LogP contribution is -2.29. The number of hydrogen-bond donors (Lipinski definition) is 1. The quantitative estimate of drug-likeness (QED) is 0.660. The Balaban J connectivity index is 3.00. The molecule has 1 rings (SSSR count). The standard InChI is InChI=1S/C12H11ClFNO2/c1-3-6-15-11(12(16)17-2)8-4-5-10(14)9(13)7-8/h1,4-5,7,11,15H,6H2,2H3. The molecule has 1 unspecified atom stereocenters. The maximum atomic E-state index is 13.0. The number of methoxy groups -OCH3 is 1. The molecule has 0 fully saturated rings. The third-order valence-electron chi connectivity index (χ3n) is 2.12. The monoisotopic (exact) mass is 255 g/mol. The van der Waals surface area contributed by atoms with Gasteiger partial charge in [-0.3, -0.25) is 5.32 Å². The zero-order valence-electron chi connectivity index (χ0n) is 9.17. The summed E-state index contributed by atoms with van der Waals surface area (Å²) in [5.41, 5.74) is 0.499. The van der Waals surface area contributed by atoms with Gasteiger partial charge in [-0.1, -0.05) is 23.6 Å². The lowest BCUT2D eigenvalue weighted by Gasteiger charge is -2.15. The molecule has 1 atom stereocenters. The van der Waals surface area contributed by atoms with Crippen LogP contribution in [-0.4, -0.2) is 19.6 Å². The van der Waals surface area contributed by atoms with Crippen LogP contribution in [0.5, 0.6) is 0 Å². The minimum atomic E-state index is -0.755. The zero-order chi connectivity index (χ0) is 12.8. The van der Waals surface area contributed by atoms with Gasteiger partial charge in [-0.15, -0.1) is 6.42 Å². The van der Waals surface area contributed by atoms with Gasteiger partial charge in [-0.2, -0.15) is 0 Å². The van der Waals surface area contributed by atoms with Crippen molar-refractivity contribution >= 4 is 17.6 Å². The van der Waals surface area contributed by atoms with E-state index in [4.69, 9.17) is 18.0 Å². The van der Waals surface area contributed by atoms with Crippen LogP contribution in [0.3, 0.4) is 0 Å². The van der Waals surface area contributed by atoms with Gasteiger partial charge in [0, 0.05) is 0 Å². The molecule has 17 heavy (non-hydrogen) atoms. The van der Waals surface area contributed by atoms with E-state index in [1.165, 1.54) is 25.3 Å². The molecule has 0 radical (unpaired) electrons. The molecule has 0 aliphatic heterocycles. The number of benzene rings is 1. The third-order valence-corrected chi connectivity index (χ3v) is 2.41. The van der Waals surface area contributed by atoms with E-state index in [0.717, 1.165) is 0 Å². The van der Waals surface area contributed by atoms with E-state index < -0.39 is 17.8 Å². The Morgan fingerprint density at radius 3 is 2.94 bits per heavy atom. The third kappa shape index (κ3) is 3.45. The molecule has 0 saturated heterocycles. The van der Waals surface area contributed by atoms with Crippen molar-refractivity contribution in [2.75, 3.05) is 13.7 Å². The molecule has 0 saturated carbocycles. The van der Waals surface area contributed by atoms with E-state index in [1.54, 1.807) is 0 Å². The molecule has 3 nitrogen and oxygen atoms in total. The van der Waals surface area contributed by atoms with Crippen LogP contribution in [0.2, 0.25) is 5.02 Å². The van der Waals surface area contributed by atoms with Crippen LogP contribution < -0.4 is 5.32 Å². The van der Waals surface area contributed by atoms with Gasteiger partial charge in [-0.05, 0) is 17.7 Å². The highest BCUT2D eigenvalue weighted by atomic mass is 35.5. The zero-order valence-corrected chi connectivity index (χ0v) is 9.92. The second kappa shape index (κ2) is 6.24. The smallest absolute Gasteiger partial charge is 0.327 e. The molecule has 0 aromatic heterocycles. The van der Waals surface area contributed by atoms with Crippen molar-refractivity contribution in [1.29, 1.82) is 0 Å². The number of hydrogen-bond acceptors (Lipinski definition) is 3. The minimum Gasteiger partial charge on any atom is -0.468 e. The molecule has 5 heteroatoms. The van der Waals surface area contributed by atoms with Crippen LogP contribution in [-0.2, 0) is 9.53 Å². The largest absolute Gasteiger partial charge is 0.468 e. The summed E-state index contributed by atoms with van der Waals surface area (Å²) in [6.45, 7) is 0.189. The van der Waals surface area contributed by atoms with Gasteiger partial charge in [-0.25, -0.2) is 9.18 Å². The number of esters is 1. The van der Waals surface area contributed by atoms with Crippen LogP contribution in [0, 0.1) is 18.2 Å². The Morgan fingerprint density at radius 1 is 1.71 bits per heavy atom. The number of nitrogens with one attached hydrogen (secondary N) is 1. The molecule has 1 N–H and O–H groups in total. The molecule has 0 heterocycles. The van der Waals surface area contributed by atoms with E-state index in [0.29, 0.717) is 5.56 Å². The average molecular weight is 256 g/mol. The summed E-state index contributed by atoms with van der Waals surface area (Å²) in [5.74, 6) is 1.29. The summed E-state index contributed by atoms with van der Waals surface area (Å²) in [4.78, 5) is 11.5. The Labute approximate surface area is 104 Å². The molecule has 0 aliphatic carbocycles. The predicted octanol–water partition coefficient (Wildman–Crippen LogP) is 1.92. The molecule has 90 valence electrons. The van der Waals surface area contributed by atoms with E-state index in [-0.39, 0.29) is 11.6 Å². The fraction of sp³-hybridized carbons (Fsp3) is 0.250. The number of rotatable bonds is 4. The molecule has 0 spiro atoms. The fourth-order valence-corrected chi connectivity index (χ4v) is 1.50. The van der Waals surface area contributed by atoms with Gasteiger partial charge in [0.25, 0.3) is 0 Å². The van der Waals surface area contributed by atoms with Gasteiger partial charge in [0.2, 0.25) is 0 Å². The maximum Gasteiger partial charge on any atom is 0.327 e. The SMILES string of the molecule is C#CCNC(C(=O)OC)c1ccc(F)c(Cl)c1. The molecule has 0 aliphatic rings. The molecule has 1 aromatic rings. The molecular weight excluding hydrogens is 245 g/mol. The predicted molar refractivity (Wildman–Crippen MR) is 63.0 cm³/mol. The summed E-state index contributed by atoms with van der Waals surface area (Å²) < 4.78 is 17.6. The topological polar surface area (TPSA) is 38.3 Å². The normalized spacial score (nSPS) is 11.6. The Bertz CT molecular complexity index is 456. The van der Waals surface area contributed by atoms with Crippen LogP contribution in [0.4, 0.5) is 4.39 Å². The first-order valence-corrected chi connectivity index (χ1v) is 5.17. The summed E-state index contributed by atoms with van der Waals surface area (Å²) in [6, 6.07) is 3.24. The minimum absolute atomic E-state index is 0.0566. The van der Waals surface area contributed by atoms with E-state index >= 15 is 0 Å². The van der Waals surface area contributed by atoms with Crippen LogP contribution >= 0.6 is 11.6 Å². The lowest BCUT2D eigenvalue weighted by molar-refractivity contribution is -0.143. The first-order valence-electron chi connectivity index (χ1n) is 4.79. The van der Waals surface area contributed by atoms with Crippen molar-refractivity contribution in [2.24, 2.45) is 0 Å². The first-order chi connectivity index (χ1) is 8.10. The number of carbonyl (C=O) groups is 1. The molecular formula is C12H11ClFNO2. The second-order valence-corrected chi connectivity index (χ2v) is 3.62. The van der Waals surface area contributed by atoms with Crippen molar-refractivity contribution in [3.8, 4) is 12.3 Å². The van der Waals surface area contributed by atoms with Gasteiger partial charge in [0.05, 0.1) is 18.7 Å². The number of terminal acetylenes is 1. The first kappa shape index (κ1) is 13.5. The van der Waals surface area contributed by atoms with Crippen molar-refractivity contribution < 1.29 is 13.9 Å². The van der Waals surface area contributed by atoms with Gasteiger partial charge in [0.1, 0.15) is 11.9 Å². The van der Waals surface area contributed by atoms with Crippen LogP contribution in [0.15, 0.2) is 18.2 Å². The van der Waals surface area contributed by atoms with Crippen molar-refractivity contribution in [2.45, 2.75) is 6.04 Å². The summed E-state index contributed by atoms with van der Waals surface area (Å²) in [7, 11) is 1.26. The fourth-order valence-electron chi connectivity index (χ4n) is 1.31. The lowest BCUT2D eigenvalue weighted by atomic mass is 10.1. The summed E-state index contributed by atoms with van der Waals surface area (Å²) >= 11 is 5.64. The summed E-state index contributed by atoms with van der Waals surface area (Å²) in [6.07, 6.45) is 5.10. The van der Waals surface area contributed by atoms with Crippen LogP contribution in [0.1, 0.15) is 11.6 Å². The van der Waals surface area contributed by atoms with Crippen LogP contribution in [0.25, 0.3) is 0 Å². The highest BCUT2D eigenvalue weighted by molar-refractivity contribution is 6.30. The Hall–Kier alpha value is -1.57. The van der Waals surface area contributed by atoms with E-state index in [2.05, 4.69) is 16.0 Å². The number of ether oxygens (including phenoxy) is 1. The summed E-state index contributed by atoms with van der Waals surface area (Å²) in [5, 5.41) is 2.73. The second-order valence-electron chi connectivity index (χ2n) is 3.21. The van der Waals surface area contributed by atoms with Gasteiger partial charge in [0.15, 0.2) is 0 Å². The Morgan fingerprint density at radius 2 is 2.41 bits per heavy atom. The maximum absolute atomic E-state index is 13.0. The van der Waals surface area contributed by atoms with Crippen molar-refractivity contribution in [1.82, 2.24) is 5.32 Å². The molecule has 0 amide bonds. The van der Waals surface area contributed by atoms with Crippen molar-refractivity contribution in [3.05, 3.63) is 34.6 Å². The van der Waals surface area contributed by atoms with E-state index in [9.17, 15) is 9.18 Å². The highest BCUT2D eigenvalue weighted by Crippen LogP contribution is 2.21. The highest BCUT2D eigenvalue weighted by Gasteiger charge is 2.21. The number of carbonyl (C=O) groups excluding carboxylic acids is 1. The molecule has 1 aromatic carbocycles. The molecule has 0 bridgehead atoms.